The number of nitrogens with zero attached hydrogens (tertiary/aromatic N) is 4. The number of aryl methyl sites for hydroxylation is 2. The number of anilines is 1. The zero-order valence-corrected chi connectivity index (χ0v) is 23.3. The van der Waals surface area contributed by atoms with Gasteiger partial charge in [0.1, 0.15) is 23.0 Å². The maximum atomic E-state index is 12.1. The molecule has 10 heteroatoms. The highest BCUT2D eigenvalue weighted by molar-refractivity contribution is 5.99. The molecule has 204 valence electrons. The molecule has 0 saturated heterocycles. The molecule has 1 aliphatic rings. The molecule has 0 spiro atoms. The number of hydrogen-bond donors (Lipinski definition) is 1. The van der Waals surface area contributed by atoms with Crippen molar-refractivity contribution in [2.45, 2.75) is 20.4 Å². The standard InChI is InChI=1S/C29H33N5O5/c1-18-27-29(39-22-15-24(36-5)28(38-7)25(16-22)37-6)32-23(9-8-14-34(27)19(2)30-18)20-10-12-21(13-11-20)31-26(35)17-33(3)4/h8,10-13,15-16H,14,17H2,1-7H3,(H,31,35). The van der Waals surface area contributed by atoms with Crippen LogP contribution in [0.1, 0.15) is 22.8 Å². The Bertz CT molecular complexity index is 1440. The molecule has 10 nitrogen and oxygen atoms in total. The molecule has 3 aromatic rings. The van der Waals surface area contributed by atoms with Gasteiger partial charge < -0.3 is 33.7 Å². The Morgan fingerprint density at radius 2 is 1.72 bits per heavy atom. The van der Waals surface area contributed by atoms with Crippen molar-refractivity contribution in [1.82, 2.24) is 14.5 Å². The fourth-order valence-corrected chi connectivity index (χ4v) is 4.27. The van der Waals surface area contributed by atoms with Crippen molar-refractivity contribution < 1.29 is 23.7 Å². The largest absolute Gasteiger partial charge is 0.493 e. The molecule has 4 rings (SSSR count). The third kappa shape index (κ3) is 6.14. The van der Waals surface area contributed by atoms with Crippen molar-refractivity contribution in [3.8, 4) is 23.0 Å². The van der Waals surface area contributed by atoms with Gasteiger partial charge in [-0.05, 0) is 46.2 Å². The highest BCUT2D eigenvalue weighted by atomic mass is 16.5. The van der Waals surface area contributed by atoms with E-state index in [1.54, 1.807) is 33.5 Å². The van der Waals surface area contributed by atoms with Crippen LogP contribution >= 0.6 is 0 Å². The molecular formula is C29H33N5O5. The summed E-state index contributed by atoms with van der Waals surface area (Å²) in [7, 11) is 8.35. The van der Waals surface area contributed by atoms with Gasteiger partial charge in [-0.1, -0.05) is 17.9 Å². The minimum absolute atomic E-state index is 0.0871. The van der Waals surface area contributed by atoms with E-state index in [1.807, 2.05) is 67.8 Å². The average Bonchev–Trinajstić information content (AvgIpc) is 3.17. The second-order valence-corrected chi connectivity index (χ2v) is 9.14. The molecule has 0 bridgehead atoms. The van der Waals surface area contributed by atoms with Crippen molar-refractivity contribution in [2.24, 2.45) is 4.99 Å². The number of ether oxygens (including phenoxy) is 4. The van der Waals surface area contributed by atoms with E-state index in [9.17, 15) is 4.79 Å². The molecule has 2 heterocycles. The van der Waals surface area contributed by atoms with Crippen LogP contribution in [0.25, 0.3) is 5.70 Å². The number of aliphatic imine (C=N–C) groups is 1. The maximum Gasteiger partial charge on any atom is 0.246 e. The third-order valence-corrected chi connectivity index (χ3v) is 6.02. The predicted octanol–water partition coefficient (Wildman–Crippen LogP) is 4.06. The zero-order valence-electron chi connectivity index (χ0n) is 23.3. The van der Waals surface area contributed by atoms with Crippen molar-refractivity contribution in [3.63, 3.8) is 0 Å². The van der Waals surface area contributed by atoms with Gasteiger partial charge in [-0.25, -0.2) is 9.98 Å². The minimum atomic E-state index is -0.0871. The molecule has 2 aromatic carbocycles. The number of carbonyl (C=O) groups is 1. The molecular weight excluding hydrogens is 498 g/mol. The summed E-state index contributed by atoms with van der Waals surface area (Å²) in [6, 6.07) is 10.9. The summed E-state index contributed by atoms with van der Waals surface area (Å²) >= 11 is 0. The van der Waals surface area contributed by atoms with Crippen LogP contribution in [-0.4, -0.2) is 68.2 Å². The van der Waals surface area contributed by atoms with E-state index in [0.29, 0.717) is 53.4 Å². The van der Waals surface area contributed by atoms with E-state index in [1.165, 1.54) is 0 Å². The number of methoxy groups -OCH3 is 3. The first-order valence-corrected chi connectivity index (χ1v) is 12.3. The summed E-state index contributed by atoms with van der Waals surface area (Å²) in [5, 5.41) is 2.90. The molecule has 1 aromatic heterocycles. The second-order valence-electron chi connectivity index (χ2n) is 9.14. The van der Waals surface area contributed by atoms with Crippen LogP contribution in [0, 0.1) is 13.8 Å². The highest BCUT2D eigenvalue weighted by Crippen LogP contribution is 2.41. The lowest BCUT2D eigenvalue weighted by atomic mass is 10.1. The summed E-state index contributed by atoms with van der Waals surface area (Å²) < 4.78 is 24.9. The summed E-state index contributed by atoms with van der Waals surface area (Å²) in [5.74, 6) is 2.94. The Balaban J connectivity index is 1.75. The number of carbonyl (C=O) groups excluding carboxylic acids is 1. The van der Waals surface area contributed by atoms with Crippen LogP contribution in [0.4, 0.5) is 5.69 Å². The molecule has 0 radical (unpaired) electrons. The number of benzene rings is 2. The first-order chi connectivity index (χ1) is 18.7. The van der Waals surface area contributed by atoms with Crippen LogP contribution in [0.5, 0.6) is 23.0 Å². The minimum Gasteiger partial charge on any atom is -0.493 e. The SMILES string of the molecule is COc1cc(OC2=NC(c3ccc(NC(=O)CN(C)C)cc3)=C=CCn3c(C)nc(C)c32)cc(OC)c1OC. The first-order valence-electron chi connectivity index (χ1n) is 12.3. The summed E-state index contributed by atoms with van der Waals surface area (Å²) in [6.45, 7) is 4.71. The molecule has 0 saturated carbocycles. The second kappa shape index (κ2) is 11.9. The molecule has 0 atom stereocenters. The number of aromatic nitrogens is 2. The van der Waals surface area contributed by atoms with Gasteiger partial charge in [-0.2, -0.15) is 0 Å². The van der Waals surface area contributed by atoms with Gasteiger partial charge in [0.25, 0.3) is 0 Å². The van der Waals surface area contributed by atoms with Gasteiger partial charge in [0, 0.05) is 23.4 Å². The zero-order chi connectivity index (χ0) is 28.1. The van der Waals surface area contributed by atoms with Gasteiger partial charge in [-0.15, -0.1) is 0 Å². The van der Waals surface area contributed by atoms with E-state index < -0.39 is 0 Å². The number of allylic oxidation sites excluding steroid dienone is 1. The molecule has 1 N–H and O–H groups in total. The number of imidazole rings is 1. The van der Waals surface area contributed by atoms with Crippen LogP contribution in [0.15, 0.2) is 53.2 Å². The lowest BCUT2D eigenvalue weighted by molar-refractivity contribution is -0.116. The van der Waals surface area contributed by atoms with Crippen molar-refractivity contribution in [2.75, 3.05) is 47.3 Å². The number of hydrogen-bond acceptors (Lipinski definition) is 8. The Labute approximate surface area is 228 Å². The van der Waals surface area contributed by atoms with E-state index in [0.717, 1.165) is 22.8 Å². The van der Waals surface area contributed by atoms with Gasteiger partial charge >= 0.3 is 0 Å². The van der Waals surface area contributed by atoms with Crippen molar-refractivity contribution in [3.05, 3.63) is 71.0 Å². The van der Waals surface area contributed by atoms with Crippen LogP contribution < -0.4 is 24.3 Å². The predicted molar refractivity (Wildman–Crippen MR) is 150 cm³/mol. The number of likely N-dealkylation sites (N-methyl/N-ethyl adjacent to an activating group) is 1. The van der Waals surface area contributed by atoms with Gasteiger partial charge in [0.15, 0.2) is 11.5 Å². The molecule has 1 aliphatic heterocycles. The van der Waals surface area contributed by atoms with E-state index >= 15 is 0 Å². The highest BCUT2D eigenvalue weighted by Gasteiger charge is 2.23. The van der Waals surface area contributed by atoms with Gasteiger partial charge in [0.05, 0.1) is 40.1 Å². The molecule has 0 fully saturated rings. The Hall–Kier alpha value is -4.53. The monoisotopic (exact) mass is 531 g/mol. The molecule has 39 heavy (non-hydrogen) atoms. The molecule has 0 aliphatic carbocycles. The summed E-state index contributed by atoms with van der Waals surface area (Å²) in [5.41, 5.74) is 6.92. The van der Waals surface area contributed by atoms with E-state index in [4.69, 9.17) is 23.9 Å². The maximum absolute atomic E-state index is 12.1. The quantitative estimate of drug-likeness (QED) is 0.438. The van der Waals surface area contributed by atoms with Gasteiger partial charge in [-0.3, -0.25) is 4.79 Å². The normalized spacial score (nSPS) is 12.6. The van der Waals surface area contributed by atoms with E-state index in [-0.39, 0.29) is 5.91 Å². The summed E-state index contributed by atoms with van der Waals surface area (Å²) in [6.07, 6.45) is 1.92. The fraction of sp³-hybridized carbons (Fsp3) is 0.310. The third-order valence-electron chi connectivity index (χ3n) is 6.02. The number of fused-ring (bicyclic) bond motifs is 1. The number of amides is 1. The van der Waals surface area contributed by atoms with Crippen LogP contribution in [0.3, 0.4) is 0 Å². The number of rotatable bonds is 8. The Kier molecular flexibility index (Phi) is 8.39. The first kappa shape index (κ1) is 27.5. The molecule has 1 amide bonds. The van der Waals surface area contributed by atoms with Gasteiger partial charge in [0.2, 0.25) is 17.6 Å². The van der Waals surface area contributed by atoms with Crippen molar-refractivity contribution >= 4 is 23.2 Å². The smallest absolute Gasteiger partial charge is 0.246 e. The van der Waals surface area contributed by atoms with E-state index in [2.05, 4.69) is 16.0 Å². The number of nitrogens with one attached hydrogen (secondary N) is 1. The Morgan fingerprint density at radius 3 is 2.31 bits per heavy atom. The average molecular weight is 532 g/mol. The lowest BCUT2D eigenvalue weighted by Crippen LogP contribution is -2.27. The van der Waals surface area contributed by atoms with Crippen molar-refractivity contribution in [1.29, 1.82) is 0 Å². The topological polar surface area (TPSA) is 99.4 Å². The molecule has 0 unspecified atom stereocenters. The summed E-state index contributed by atoms with van der Waals surface area (Å²) in [4.78, 5) is 23.5. The fourth-order valence-electron chi connectivity index (χ4n) is 4.27. The van der Waals surface area contributed by atoms with Crippen LogP contribution in [0.2, 0.25) is 0 Å². The Morgan fingerprint density at radius 1 is 1.05 bits per heavy atom. The van der Waals surface area contributed by atoms with Crippen LogP contribution in [-0.2, 0) is 11.3 Å². The lowest BCUT2D eigenvalue weighted by Gasteiger charge is -2.17.